The third-order valence-electron chi connectivity index (χ3n) is 2.95. The summed E-state index contributed by atoms with van der Waals surface area (Å²) in [7, 11) is 0. The summed E-state index contributed by atoms with van der Waals surface area (Å²) < 4.78 is 28.2. The van der Waals surface area contributed by atoms with Gasteiger partial charge < -0.3 is 10.6 Å². The number of hydrogen-bond donors (Lipinski definition) is 1. The molecular weight excluding hydrogens is 344 g/mol. The minimum absolute atomic E-state index is 0.0827. The number of hydrogen-bond acceptors (Lipinski definition) is 5. The van der Waals surface area contributed by atoms with E-state index < -0.39 is 11.6 Å². The number of anilines is 2. The fourth-order valence-corrected chi connectivity index (χ4v) is 2.20. The van der Waals surface area contributed by atoms with Crippen LogP contribution in [0.4, 0.5) is 20.7 Å². The van der Waals surface area contributed by atoms with E-state index in [4.69, 9.17) is 5.73 Å². The number of rotatable bonds is 4. The monoisotopic (exact) mass is 357 g/mol. The van der Waals surface area contributed by atoms with Crippen LogP contribution in [0, 0.1) is 11.6 Å². The van der Waals surface area contributed by atoms with E-state index in [0.29, 0.717) is 19.0 Å². The highest BCUT2D eigenvalue weighted by Crippen LogP contribution is 2.29. The second-order valence-electron chi connectivity index (χ2n) is 4.21. The van der Waals surface area contributed by atoms with Gasteiger partial charge in [0.05, 0.1) is 10.0 Å². The molecule has 0 saturated carbocycles. The van der Waals surface area contributed by atoms with Crippen LogP contribution in [0.2, 0.25) is 0 Å². The predicted molar refractivity (Wildman–Crippen MR) is 80.9 cm³/mol. The van der Waals surface area contributed by atoms with Gasteiger partial charge in [-0.1, -0.05) is 0 Å². The van der Waals surface area contributed by atoms with Crippen molar-refractivity contribution in [3.8, 4) is 11.4 Å². The minimum Gasteiger partial charge on any atom is -0.368 e. The van der Waals surface area contributed by atoms with E-state index in [-0.39, 0.29) is 21.8 Å². The van der Waals surface area contributed by atoms with Crippen LogP contribution in [0.5, 0.6) is 0 Å². The lowest BCUT2D eigenvalue weighted by Gasteiger charge is -2.19. The lowest BCUT2D eigenvalue weighted by atomic mass is 10.2. The van der Waals surface area contributed by atoms with Crippen LogP contribution in [0.25, 0.3) is 11.4 Å². The maximum absolute atomic E-state index is 14.1. The van der Waals surface area contributed by atoms with Crippen LogP contribution in [0.3, 0.4) is 0 Å². The molecule has 0 atom stereocenters. The summed E-state index contributed by atoms with van der Waals surface area (Å²) >= 11 is 3.02. The Morgan fingerprint density at radius 3 is 2.43 bits per heavy atom. The van der Waals surface area contributed by atoms with E-state index in [1.807, 2.05) is 18.7 Å². The first-order chi connectivity index (χ1) is 9.97. The second-order valence-corrected chi connectivity index (χ2v) is 5.06. The van der Waals surface area contributed by atoms with E-state index in [1.54, 1.807) is 0 Å². The molecule has 1 aromatic carbocycles. The first kappa shape index (κ1) is 15.6. The third-order valence-corrected chi connectivity index (χ3v) is 3.57. The molecule has 0 unspecified atom stereocenters. The van der Waals surface area contributed by atoms with Crippen molar-refractivity contribution in [3.63, 3.8) is 0 Å². The van der Waals surface area contributed by atoms with Gasteiger partial charge in [0.2, 0.25) is 11.9 Å². The number of nitrogens with two attached hydrogens (primary N) is 1. The maximum atomic E-state index is 14.1. The van der Waals surface area contributed by atoms with Crippen molar-refractivity contribution in [3.05, 3.63) is 28.2 Å². The smallest absolute Gasteiger partial charge is 0.230 e. The molecule has 0 spiro atoms. The lowest BCUT2D eigenvalue weighted by molar-refractivity contribution is 0.583. The molecule has 0 aliphatic heterocycles. The molecule has 0 aliphatic rings. The van der Waals surface area contributed by atoms with Gasteiger partial charge in [0, 0.05) is 13.1 Å². The Bertz CT molecular complexity index is 661. The molecule has 112 valence electrons. The first-order valence-corrected chi connectivity index (χ1v) is 7.17. The van der Waals surface area contributed by atoms with Crippen molar-refractivity contribution < 1.29 is 8.78 Å². The third kappa shape index (κ3) is 3.10. The molecule has 0 aliphatic carbocycles. The Kier molecular flexibility index (Phi) is 4.66. The fraction of sp³-hybridized carbons (Fsp3) is 0.308. The normalized spacial score (nSPS) is 10.7. The van der Waals surface area contributed by atoms with E-state index in [1.165, 1.54) is 6.07 Å². The summed E-state index contributed by atoms with van der Waals surface area (Å²) in [5.74, 6) is -1.44. The largest absolute Gasteiger partial charge is 0.368 e. The van der Waals surface area contributed by atoms with Crippen molar-refractivity contribution in [2.45, 2.75) is 13.8 Å². The summed E-state index contributed by atoms with van der Waals surface area (Å²) in [5.41, 5.74) is 5.31. The molecule has 0 saturated heterocycles. The van der Waals surface area contributed by atoms with Crippen LogP contribution in [-0.4, -0.2) is 28.0 Å². The van der Waals surface area contributed by atoms with E-state index >= 15 is 0 Å². The molecule has 1 heterocycles. The number of nitrogen functional groups attached to an aromatic ring is 1. The molecule has 0 amide bonds. The molecule has 1 aromatic heterocycles. The summed E-state index contributed by atoms with van der Waals surface area (Å²) in [5, 5.41) is 0. The molecule has 5 nitrogen and oxygen atoms in total. The van der Waals surface area contributed by atoms with Gasteiger partial charge >= 0.3 is 0 Å². The number of halogens is 3. The average Bonchev–Trinajstić information content (AvgIpc) is 2.44. The van der Waals surface area contributed by atoms with E-state index in [0.717, 1.165) is 6.07 Å². The SMILES string of the molecule is CCN(CC)c1nc(N)nc(-c2c(F)ccc(Br)c2F)n1. The van der Waals surface area contributed by atoms with Gasteiger partial charge in [0.25, 0.3) is 0 Å². The van der Waals surface area contributed by atoms with Gasteiger partial charge in [0.1, 0.15) is 5.82 Å². The molecule has 0 bridgehead atoms. The predicted octanol–water partition coefficient (Wildman–Crippen LogP) is 3.01. The van der Waals surface area contributed by atoms with Gasteiger partial charge in [-0.2, -0.15) is 15.0 Å². The van der Waals surface area contributed by atoms with Crippen molar-refractivity contribution in [1.82, 2.24) is 15.0 Å². The van der Waals surface area contributed by atoms with Crippen LogP contribution in [0.1, 0.15) is 13.8 Å². The molecule has 0 fully saturated rings. The Hall–Kier alpha value is -1.83. The van der Waals surface area contributed by atoms with Crippen LogP contribution < -0.4 is 10.6 Å². The standard InChI is InChI=1S/C13H14BrF2N5/c1-3-21(4-2)13-19-11(18-12(17)20-13)9-8(15)6-5-7(14)10(9)16/h5-6H,3-4H2,1-2H3,(H2,17,18,19,20). The highest BCUT2D eigenvalue weighted by molar-refractivity contribution is 9.10. The molecule has 0 radical (unpaired) electrons. The van der Waals surface area contributed by atoms with Gasteiger partial charge in [-0.25, -0.2) is 8.78 Å². The van der Waals surface area contributed by atoms with Gasteiger partial charge in [-0.3, -0.25) is 0 Å². The number of benzene rings is 1. The first-order valence-electron chi connectivity index (χ1n) is 6.38. The summed E-state index contributed by atoms with van der Waals surface area (Å²) in [6.45, 7) is 5.12. The highest BCUT2D eigenvalue weighted by Gasteiger charge is 2.19. The van der Waals surface area contributed by atoms with Crippen molar-refractivity contribution in [2.24, 2.45) is 0 Å². The highest BCUT2D eigenvalue weighted by atomic mass is 79.9. The van der Waals surface area contributed by atoms with Gasteiger partial charge in [0.15, 0.2) is 11.6 Å². The molecule has 21 heavy (non-hydrogen) atoms. The topological polar surface area (TPSA) is 67.9 Å². The molecular formula is C13H14BrF2N5. The maximum Gasteiger partial charge on any atom is 0.230 e. The minimum atomic E-state index is -0.772. The lowest BCUT2D eigenvalue weighted by Crippen LogP contribution is -2.25. The zero-order chi connectivity index (χ0) is 15.6. The quantitative estimate of drug-likeness (QED) is 0.851. The molecule has 2 N–H and O–H groups in total. The summed E-state index contributed by atoms with van der Waals surface area (Å²) in [6, 6.07) is 2.42. The van der Waals surface area contributed by atoms with Crippen LogP contribution in [0.15, 0.2) is 16.6 Å². The molecule has 2 rings (SSSR count). The van der Waals surface area contributed by atoms with E-state index in [9.17, 15) is 8.78 Å². The van der Waals surface area contributed by atoms with Crippen molar-refractivity contribution in [2.75, 3.05) is 23.7 Å². The Morgan fingerprint density at radius 1 is 1.14 bits per heavy atom. The van der Waals surface area contributed by atoms with Crippen LogP contribution >= 0.6 is 15.9 Å². The Balaban J connectivity index is 2.63. The zero-order valence-electron chi connectivity index (χ0n) is 11.6. The molecule has 8 heteroatoms. The van der Waals surface area contributed by atoms with Crippen molar-refractivity contribution in [1.29, 1.82) is 0 Å². The average molecular weight is 358 g/mol. The summed E-state index contributed by atoms with van der Waals surface area (Å²) in [4.78, 5) is 13.8. The van der Waals surface area contributed by atoms with E-state index in [2.05, 4.69) is 30.9 Å². The van der Waals surface area contributed by atoms with Gasteiger partial charge in [-0.05, 0) is 41.9 Å². The van der Waals surface area contributed by atoms with Gasteiger partial charge in [-0.15, -0.1) is 0 Å². The fourth-order valence-electron chi connectivity index (χ4n) is 1.87. The Morgan fingerprint density at radius 2 is 1.81 bits per heavy atom. The zero-order valence-corrected chi connectivity index (χ0v) is 13.2. The number of nitrogens with zero attached hydrogens (tertiary/aromatic N) is 4. The summed E-state index contributed by atoms with van der Waals surface area (Å²) in [6.07, 6.45) is 0. The number of aromatic nitrogens is 3. The van der Waals surface area contributed by atoms with Crippen LogP contribution in [-0.2, 0) is 0 Å². The second kappa shape index (κ2) is 6.30. The molecule has 2 aromatic rings. The van der Waals surface area contributed by atoms with Crippen molar-refractivity contribution >= 4 is 27.8 Å². The Labute approximate surface area is 129 Å².